The predicted molar refractivity (Wildman–Crippen MR) is 75.6 cm³/mol. The highest BCUT2D eigenvalue weighted by atomic mass is 19.1. The summed E-state index contributed by atoms with van der Waals surface area (Å²) in [7, 11) is 1.43. The van der Waals surface area contributed by atoms with Crippen LogP contribution < -0.4 is 15.4 Å². The third-order valence-corrected chi connectivity index (χ3v) is 4.45. The summed E-state index contributed by atoms with van der Waals surface area (Å²) in [5.41, 5.74) is 0.857. The van der Waals surface area contributed by atoms with Gasteiger partial charge in [-0.05, 0) is 12.8 Å². The molecule has 4 nitrogen and oxygen atoms in total. The van der Waals surface area contributed by atoms with Gasteiger partial charge >= 0.3 is 0 Å². The summed E-state index contributed by atoms with van der Waals surface area (Å²) in [4.78, 5) is 12.5. The molecule has 0 bridgehead atoms. The van der Waals surface area contributed by atoms with Gasteiger partial charge in [-0.2, -0.15) is 0 Å². The van der Waals surface area contributed by atoms with Gasteiger partial charge in [0.1, 0.15) is 0 Å². The largest absolute Gasteiger partial charge is 0.494 e. The molecule has 1 heterocycles. The molecule has 1 aliphatic heterocycles. The maximum absolute atomic E-state index is 13.8. The zero-order valence-electron chi connectivity index (χ0n) is 11.6. The van der Waals surface area contributed by atoms with Crippen LogP contribution >= 0.6 is 0 Å². The number of nitrogens with one attached hydrogen (secondary N) is 2. The first kappa shape index (κ1) is 13.2. The molecule has 0 atom stereocenters. The average molecular weight is 278 g/mol. The molecule has 1 spiro atoms. The molecule has 0 aromatic heterocycles. The first-order valence-electron chi connectivity index (χ1n) is 7.07. The molecule has 1 saturated carbocycles. The second-order valence-corrected chi connectivity index (χ2v) is 5.68. The van der Waals surface area contributed by atoms with Crippen LogP contribution in [0.5, 0.6) is 5.75 Å². The Morgan fingerprint density at radius 1 is 1.20 bits per heavy atom. The van der Waals surface area contributed by atoms with Gasteiger partial charge in [0.05, 0.1) is 23.9 Å². The molecular weight excluding hydrogens is 259 g/mol. The van der Waals surface area contributed by atoms with Crippen molar-refractivity contribution in [2.45, 2.75) is 32.1 Å². The highest BCUT2D eigenvalue weighted by Gasteiger charge is 2.41. The number of methoxy groups -OCH3 is 1. The smallest absolute Gasteiger partial charge is 0.232 e. The van der Waals surface area contributed by atoms with Crippen LogP contribution in [0.25, 0.3) is 0 Å². The van der Waals surface area contributed by atoms with Crippen LogP contribution in [0.2, 0.25) is 0 Å². The number of anilines is 2. The van der Waals surface area contributed by atoms with E-state index in [1.54, 1.807) is 6.07 Å². The third kappa shape index (κ3) is 2.11. The predicted octanol–water partition coefficient (Wildman–Crippen LogP) is 3.15. The van der Waals surface area contributed by atoms with Gasteiger partial charge in [-0.1, -0.05) is 19.3 Å². The van der Waals surface area contributed by atoms with E-state index in [0.717, 1.165) is 31.4 Å². The second kappa shape index (κ2) is 4.96. The minimum atomic E-state index is -0.465. The van der Waals surface area contributed by atoms with Crippen molar-refractivity contribution >= 4 is 17.3 Å². The maximum Gasteiger partial charge on any atom is 0.232 e. The Morgan fingerprint density at radius 2 is 1.95 bits per heavy atom. The molecule has 0 unspecified atom stereocenters. The number of halogens is 1. The van der Waals surface area contributed by atoms with Gasteiger partial charge in [-0.15, -0.1) is 0 Å². The van der Waals surface area contributed by atoms with Crippen LogP contribution in [0.3, 0.4) is 0 Å². The monoisotopic (exact) mass is 278 g/mol. The molecular formula is C15H19FN2O2. The average Bonchev–Trinajstić information content (AvgIpc) is 2.58. The first-order valence-corrected chi connectivity index (χ1v) is 7.07. The normalized spacial score (nSPS) is 20.6. The summed E-state index contributed by atoms with van der Waals surface area (Å²) in [6.45, 7) is 0.598. The van der Waals surface area contributed by atoms with E-state index in [4.69, 9.17) is 4.74 Å². The van der Waals surface area contributed by atoms with Crippen molar-refractivity contribution in [1.29, 1.82) is 0 Å². The number of carbonyl (C=O) groups is 1. The zero-order chi connectivity index (χ0) is 14.2. The maximum atomic E-state index is 13.8. The fraction of sp³-hybridized carbons (Fsp3) is 0.533. The van der Waals surface area contributed by atoms with Crippen LogP contribution in [0.1, 0.15) is 32.1 Å². The Bertz CT molecular complexity index is 539. The number of hydrogen-bond donors (Lipinski definition) is 2. The van der Waals surface area contributed by atoms with Crippen molar-refractivity contribution in [1.82, 2.24) is 0 Å². The lowest BCUT2D eigenvalue weighted by Gasteiger charge is -2.34. The Morgan fingerprint density at radius 3 is 2.65 bits per heavy atom. The van der Waals surface area contributed by atoms with Crippen molar-refractivity contribution in [2.24, 2.45) is 5.41 Å². The van der Waals surface area contributed by atoms with Crippen molar-refractivity contribution in [3.05, 3.63) is 17.9 Å². The Balaban J connectivity index is 1.94. The molecule has 2 N–H and O–H groups in total. The number of ether oxygens (including phenoxy) is 1. The van der Waals surface area contributed by atoms with Gasteiger partial charge < -0.3 is 15.4 Å². The molecule has 5 heteroatoms. The van der Waals surface area contributed by atoms with Crippen LogP contribution in [0.4, 0.5) is 15.8 Å². The van der Waals surface area contributed by atoms with E-state index in [0.29, 0.717) is 12.2 Å². The molecule has 20 heavy (non-hydrogen) atoms. The summed E-state index contributed by atoms with van der Waals surface area (Å²) in [6, 6.07) is 2.92. The van der Waals surface area contributed by atoms with E-state index in [9.17, 15) is 9.18 Å². The molecule has 1 aliphatic carbocycles. The number of rotatable bonds is 1. The van der Waals surface area contributed by atoms with Crippen LogP contribution in [0, 0.1) is 11.2 Å². The van der Waals surface area contributed by atoms with E-state index in [2.05, 4.69) is 10.6 Å². The molecule has 1 amide bonds. The van der Waals surface area contributed by atoms with Crippen molar-refractivity contribution in [3.63, 3.8) is 0 Å². The number of hydrogen-bond acceptors (Lipinski definition) is 3. The van der Waals surface area contributed by atoms with E-state index in [-0.39, 0.29) is 17.1 Å². The van der Waals surface area contributed by atoms with Gasteiger partial charge in [0.15, 0.2) is 11.6 Å². The molecule has 108 valence electrons. The van der Waals surface area contributed by atoms with Crippen LogP contribution in [0.15, 0.2) is 12.1 Å². The Hall–Kier alpha value is -1.78. The Labute approximate surface area is 117 Å². The topological polar surface area (TPSA) is 50.4 Å². The van der Waals surface area contributed by atoms with E-state index < -0.39 is 5.82 Å². The Kier molecular flexibility index (Phi) is 3.28. The lowest BCUT2D eigenvalue weighted by molar-refractivity contribution is -0.126. The minimum absolute atomic E-state index is 0.00742. The lowest BCUT2D eigenvalue weighted by Crippen LogP contribution is -2.41. The second-order valence-electron chi connectivity index (χ2n) is 5.68. The zero-order valence-corrected chi connectivity index (χ0v) is 11.6. The van der Waals surface area contributed by atoms with Gasteiger partial charge in [0.2, 0.25) is 5.91 Å². The van der Waals surface area contributed by atoms with Gasteiger partial charge in [0, 0.05) is 18.7 Å². The lowest BCUT2D eigenvalue weighted by atomic mass is 9.73. The summed E-state index contributed by atoms with van der Waals surface area (Å²) in [5.74, 6) is -0.272. The van der Waals surface area contributed by atoms with Crippen molar-refractivity contribution < 1.29 is 13.9 Å². The molecule has 0 saturated heterocycles. The number of amides is 1. The molecule has 1 fully saturated rings. The fourth-order valence-corrected chi connectivity index (χ4v) is 3.19. The molecule has 1 aromatic rings. The van der Waals surface area contributed by atoms with E-state index in [1.165, 1.54) is 19.6 Å². The SMILES string of the molecule is COc1cc2c(cc1F)NC(=O)C1(CCCCC1)CN2. The number of fused-ring (bicyclic) bond motifs is 1. The van der Waals surface area contributed by atoms with Crippen LogP contribution in [-0.4, -0.2) is 19.6 Å². The molecule has 2 aliphatic rings. The summed E-state index contributed by atoms with van der Waals surface area (Å²) in [6.07, 6.45) is 5.11. The number of carbonyl (C=O) groups excluding carboxylic acids is 1. The summed E-state index contributed by atoms with van der Waals surface area (Å²) in [5, 5.41) is 6.17. The van der Waals surface area contributed by atoms with Gasteiger partial charge in [-0.25, -0.2) is 4.39 Å². The van der Waals surface area contributed by atoms with Crippen LogP contribution in [-0.2, 0) is 4.79 Å². The fourth-order valence-electron chi connectivity index (χ4n) is 3.19. The van der Waals surface area contributed by atoms with Gasteiger partial charge in [0.25, 0.3) is 0 Å². The van der Waals surface area contributed by atoms with Crippen molar-refractivity contribution in [2.75, 3.05) is 24.3 Å². The molecule has 1 aromatic carbocycles. The quantitative estimate of drug-likeness (QED) is 0.829. The van der Waals surface area contributed by atoms with Crippen molar-refractivity contribution in [3.8, 4) is 5.75 Å². The van der Waals surface area contributed by atoms with Gasteiger partial charge in [-0.3, -0.25) is 4.79 Å². The highest BCUT2D eigenvalue weighted by molar-refractivity contribution is 6.00. The molecule has 3 rings (SSSR count). The van der Waals surface area contributed by atoms with E-state index in [1.807, 2.05) is 0 Å². The molecule has 0 radical (unpaired) electrons. The summed E-state index contributed by atoms with van der Waals surface area (Å²) < 4.78 is 18.8. The number of benzene rings is 1. The van der Waals surface area contributed by atoms with E-state index >= 15 is 0 Å². The minimum Gasteiger partial charge on any atom is -0.494 e. The first-order chi connectivity index (χ1) is 9.64. The summed E-state index contributed by atoms with van der Waals surface area (Å²) >= 11 is 0. The highest BCUT2D eigenvalue weighted by Crippen LogP contribution is 2.41. The standard InChI is InChI=1S/C15H19FN2O2/c1-20-13-8-11-12(7-10(13)16)18-14(19)15(9-17-11)5-3-2-4-6-15/h7-8,17H,2-6,9H2,1H3,(H,18,19). The third-order valence-electron chi connectivity index (χ3n) is 4.45.